The number of nitriles is 1. The predicted molar refractivity (Wildman–Crippen MR) is 53.2 cm³/mol. The Balaban J connectivity index is 2.44. The van der Waals surface area contributed by atoms with E-state index in [9.17, 15) is 10.1 Å². The Morgan fingerprint density at radius 2 is 2.31 bits per heavy atom. The van der Waals surface area contributed by atoms with E-state index in [-0.39, 0.29) is 11.5 Å². The minimum Gasteiger partial charge on any atom is -0.258 e. The van der Waals surface area contributed by atoms with Crippen LogP contribution in [0.25, 0.3) is 11.4 Å². The van der Waals surface area contributed by atoms with Crippen molar-refractivity contribution in [2.45, 2.75) is 0 Å². The molecule has 1 aromatic carbocycles. The number of hydrogen-bond acceptors (Lipinski definition) is 5. The number of aromatic amines is 1. The van der Waals surface area contributed by atoms with Crippen LogP contribution in [0.1, 0.15) is 5.82 Å². The molecule has 0 unspecified atom stereocenters. The van der Waals surface area contributed by atoms with Crippen LogP contribution < -0.4 is 0 Å². The number of nitrogens with zero attached hydrogens (tertiary/aromatic N) is 4. The second-order valence-electron chi connectivity index (χ2n) is 2.93. The van der Waals surface area contributed by atoms with Gasteiger partial charge in [0, 0.05) is 17.7 Å². The fourth-order valence-corrected chi connectivity index (χ4v) is 1.21. The molecule has 7 heteroatoms. The van der Waals surface area contributed by atoms with Crippen molar-refractivity contribution >= 4 is 5.69 Å². The van der Waals surface area contributed by atoms with Crippen LogP contribution in [-0.4, -0.2) is 20.1 Å². The van der Waals surface area contributed by atoms with E-state index in [0.29, 0.717) is 11.4 Å². The predicted octanol–water partition coefficient (Wildman–Crippen LogP) is 1.25. The number of benzene rings is 1. The van der Waals surface area contributed by atoms with Crippen molar-refractivity contribution in [2.75, 3.05) is 0 Å². The lowest BCUT2D eigenvalue weighted by molar-refractivity contribution is -0.384. The molecule has 0 atom stereocenters. The summed E-state index contributed by atoms with van der Waals surface area (Å²) in [5, 5.41) is 25.2. The molecule has 1 aromatic heterocycles. The monoisotopic (exact) mass is 215 g/mol. The highest BCUT2D eigenvalue weighted by Crippen LogP contribution is 2.20. The third-order valence-electron chi connectivity index (χ3n) is 1.92. The molecular formula is C9H5N5O2. The largest absolute Gasteiger partial charge is 0.270 e. The van der Waals surface area contributed by atoms with E-state index in [0.717, 1.165) is 0 Å². The Kier molecular flexibility index (Phi) is 2.31. The van der Waals surface area contributed by atoms with Gasteiger partial charge in [-0.2, -0.15) is 10.2 Å². The molecule has 0 spiro atoms. The van der Waals surface area contributed by atoms with Crippen LogP contribution in [0.15, 0.2) is 24.3 Å². The molecule has 78 valence electrons. The van der Waals surface area contributed by atoms with Crippen LogP contribution in [0.4, 0.5) is 5.69 Å². The van der Waals surface area contributed by atoms with Crippen LogP contribution in [0, 0.1) is 21.4 Å². The number of non-ortho nitro benzene ring substituents is 1. The lowest BCUT2D eigenvalue weighted by Gasteiger charge is -1.95. The van der Waals surface area contributed by atoms with Crippen molar-refractivity contribution in [1.29, 1.82) is 5.26 Å². The Bertz CT molecular complexity index is 584. The molecular weight excluding hydrogens is 210 g/mol. The van der Waals surface area contributed by atoms with Gasteiger partial charge >= 0.3 is 0 Å². The zero-order valence-electron chi connectivity index (χ0n) is 7.91. The van der Waals surface area contributed by atoms with Crippen molar-refractivity contribution in [3.05, 3.63) is 40.2 Å². The van der Waals surface area contributed by atoms with E-state index in [1.807, 2.05) is 0 Å². The molecule has 0 saturated heterocycles. The summed E-state index contributed by atoms with van der Waals surface area (Å²) in [7, 11) is 0. The summed E-state index contributed by atoms with van der Waals surface area (Å²) in [6.07, 6.45) is 0. The first-order valence-corrected chi connectivity index (χ1v) is 4.28. The van der Waals surface area contributed by atoms with Crippen LogP contribution in [0.3, 0.4) is 0 Å². The first kappa shape index (κ1) is 9.79. The summed E-state index contributed by atoms with van der Waals surface area (Å²) < 4.78 is 0. The lowest BCUT2D eigenvalue weighted by atomic mass is 10.2. The van der Waals surface area contributed by atoms with E-state index in [4.69, 9.17) is 5.26 Å². The standard InChI is InChI=1S/C9H5N5O2/c10-5-8-11-9(13-12-8)6-2-1-3-7(4-6)14(15)16/h1-4H,(H,11,12,13). The van der Waals surface area contributed by atoms with Crippen molar-refractivity contribution in [3.8, 4) is 17.5 Å². The van der Waals surface area contributed by atoms with Gasteiger partial charge in [0.15, 0.2) is 5.82 Å². The van der Waals surface area contributed by atoms with Gasteiger partial charge in [-0.3, -0.25) is 15.2 Å². The van der Waals surface area contributed by atoms with Crippen molar-refractivity contribution in [2.24, 2.45) is 0 Å². The van der Waals surface area contributed by atoms with Crippen LogP contribution in [-0.2, 0) is 0 Å². The third-order valence-corrected chi connectivity index (χ3v) is 1.92. The minimum absolute atomic E-state index is 0.00139. The van der Waals surface area contributed by atoms with Gasteiger partial charge in [0.2, 0.25) is 0 Å². The van der Waals surface area contributed by atoms with Crippen LogP contribution >= 0.6 is 0 Å². The molecule has 0 fully saturated rings. The van der Waals surface area contributed by atoms with Gasteiger partial charge < -0.3 is 0 Å². The Morgan fingerprint density at radius 3 is 2.94 bits per heavy atom. The van der Waals surface area contributed by atoms with E-state index in [1.165, 1.54) is 12.1 Å². The Labute approximate surface area is 89.5 Å². The molecule has 2 aromatic rings. The van der Waals surface area contributed by atoms with Crippen molar-refractivity contribution < 1.29 is 4.92 Å². The van der Waals surface area contributed by atoms with Gasteiger partial charge in [-0.15, -0.1) is 5.10 Å². The molecule has 0 aliphatic carbocycles. The van der Waals surface area contributed by atoms with Gasteiger partial charge in [0.25, 0.3) is 11.5 Å². The van der Waals surface area contributed by atoms with Gasteiger partial charge in [0.1, 0.15) is 6.07 Å². The molecule has 7 nitrogen and oxygen atoms in total. The maximum Gasteiger partial charge on any atom is 0.270 e. The first-order chi connectivity index (χ1) is 7.70. The van der Waals surface area contributed by atoms with E-state index in [1.54, 1.807) is 18.2 Å². The van der Waals surface area contributed by atoms with Crippen molar-refractivity contribution in [1.82, 2.24) is 15.2 Å². The third kappa shape index (κ3) is 1.72. The molecule has 0 aliphatic rings. The van der Waals surface area contributed by atoms with Crippen LogP contribution in [0.2, 0.25) is 0 Å². The Morgan fingerprint density at radius 1 is 1.50 bits per heavy atom. The number of H-pyrrole nitrogens is 1. The maximum absolute atomic E-state index is 10.6. The van der Waals surface area contributed by atoms with E-state index >= 15 is 0 Å². The summed E-state index contributed by atoms with van der Waals surface area (Å²) in [6, 6.07) is 7.70. The average molecular weight is 215 g/mol. The van der Waals surface area contributed by atoms with Gasteiger partial charge in [-0.05, 0) is 0 Å². The second kappa shape index (κ2) is 3.78. The molecule has 16 heavy (non-hydrogen) atoms. The molecule has 2 rings (SSSR count). The highest BCUT2D eigenvalue weighted by molar-refractivity contribution is 5.58. The first-order valence-electron chi connectivity index (χ1n) is 4.28. The topological polar surface area (TPSA) is 108 Å². The minimum atomic E-state index is -0.495. The molecule has 0 saturated carbocycles. The van der Waals surface area contributed by atoms with Gasteiger partial charge in [-0.1, -0.05) is 12.1 Å². The second-order valence-corrected chi connectivity index (χ2v) is 2.93. The van der Waals surface area contributed by atoms with Gasteiger partial charge in [-0.25, -0.2) is 0 Å². The molecule has 1 N–H and O–H groups in total. The summed E-state index contributed by atoms with van der Waals surface area (Å²) >= 11 is 0. The zero-order chi connectivity index (χ0) is 11.5. The van der Waals surface area contributed by atoms with E-state index < -0.39 is 4.92 Å². The van der Waals surface area contributed by atoms with Gasteiger partial charge in [0.05, 0.1) is 4.92 Å². The number of nitro benzene ring substituents is 1. The number of hydrogen-bond donors (Lipinski definition) is 1. The maximum atomic E-state index is 10.6. The fraction of sp³-hybridized carbons (Fsp3) is 0. The lowest BCUT2D eigenvalue weighted by Crippen LogP contribution is -1.88. The smallest absolute Gasteiger partial charge is 0.258 e. The van der Waals surface area contributed by atoms with Crippen molar-refractivity contribution in [3.63, 3.8) is 0 Å². The number of nitrogens with one attached hydrogen (secondary N) is 1. The Hall–Kier alpha value is -2.75. The SMILES string of the molecule is N#Cc1n[nH]c(-c2cccc([N+](=O)[O-])c2)n1. The molecule has 0 bridgehead atoms. The summed E-state index contributed by atoms with van der Waals surface area (Å²) in [5.41, 5.74) is 0.482. The number of nitro groups is 1. The van der Waals surface area contributed by atoms with Crippen LogP contribution in [0.5, 0.6) is 0 Å². The highest BCUT2D eigenvalue weighted by atomic mass is 16.6. The average Bonchev–Trinajstić information content (AvgIpc) is 2.77. The normalized spacial score (nSPS) is 9.69. The summed E-state index contributed by atoms with van der Waals surface area (Å²) in [5.74, 6) is 0.335. The highest BCUT2D eigenvalue weighted by Gasteiger charge is 2.10. The fourth-order valence-electron chi connectivity index (χ4n) is 1.21. The molecule has 0 radical (unpaired) electrons. The quantitative estimate of drug-likeness (QED) is 0.598. The molecule has 0 amide bonds. The summed E-state index contributed by atoms with van der Waals surface area (Å²) in [4.78, 5) is 13.9. The molecule has 1 heterocycles. The number of rotatable bonds is 2. The summed E-state index contributed by atoms with van der Waals surface area (Å²) in [6.45, 7) is 0. The number of aromatic nitrogens is 3. The molecule has 0 aliphatic heterocycles. The van der Waals surface area contributed by atoms with E-state index in [2.05, 4.69) is 15.2 Å². The zero-order valence-corrected chi connectivity index (χ0v) is 7.91.